The summed E-state index contributed by atoms with van der Waals surface area (Å²) in [7, 11) is 0. The molecule has 0 fully saturated rings. The van der Waals surface area contributed by atoms with Crippen LogP contribution >= 0.6 is 11.8 Å². The molecule has 0 saturated heterocycles. The van der Waals surface area contributed by atoms with E-state index in [0.29, 0.717) is 31.8 Å². The van der Waals surface area contributed by atoms with Gasteiger partial charge in [-0.15, -0.1) is 11.8 Å². The first-order valence-corrected chi connectivity index (χ1v) is 15.8. The van der Waals surface area contributed by atoms with Crippen LogP contribution in [0.4, 0.5) is 0 Å². The predicted molar refractivity (Wildman–Crippen MR) is 167 cm³/mol. The Bertz CT molecular complexity index is 1270. The standard InChI is InChI=1S/C34H42O7S/c1-3-39-28-22-27(25-14-16-30(42-2)17-15-25)23-29(24-28)40-20-7-5-4-6-10-26-11-8-12-32(31(26)18-19-34(37)38)41-21-9-13-33(35)36/h8,11-12,14-17,22-24H,3-7,9-10,13,18-21H2,1-2H3,(H,35,36)(H,37,38). The van der Waals surface area contributed by atoms with Gasteiger partial charge in [0.25, 0.3) is 0 Å². The smallest absolute Gasteiger partial charge is 0.303 e. The van der Waals surface area contributed by atoms with Gasteiger partial charge < -0.3 is 24.4 Å². The molecule has 0 spiro atoms. The van der Waals surface area contributed by atoms with Gasteiger partial charge in [-0.1, -0.05) is 37.1 Å². The Kier molecular flexibility index (Phi) is 14.1. The third-order valence-corrected chi connectivity index (χ3v) is 7.58. The van der Waals surface area contributed by atoms with E-state index in [9.17, 15) is 14.7 Å². The van der Waals surface area contributed by atoms with E-state index in [1.807, 2.05) is 37.3 Å². The Morgan fingerprint density at radius 3 is 2.10 bits per heavy atom. The Morgan fingerprint density at radius 2 is 1.40 bits per heavy atom. The van der Waals surface area contributed by atoms with Crippen molar-refractivity contribution in [1.82, 2.24) is 0 Å². The minimum atomic E-state index is -0.857. The summed E-state index contributed by atoms with van der Waals surface area (Å²) in [5.41, 5.74) is 4.19. The lowest BCUT2D eigenvalue weighted by atomic mass is 9.97. The molecule has 3 aromatic carbocycles. The van der Waals surface area contributed by atoms with Crippen LogP contribution in [0, 0.1) is 0 Å². The highest BCUT2D eigenvalue weighted by Gasteiger charge is 2.12. The van der Waals surface area contributed by atoms with Crippen molar-refractivity contribution in [2.75, 3.05) is 26.1 Å². The number of rotatable bonds is 20. The second kappa shape index (κ2) is 18.0. The summed E-state index contributed by atoms with van der Waals surface area (Å²) in [5, 5.41) is 18.1. The average Bonchev–Trinajstić information content (AvgIpc) is 2.98. The number of carboxylic acids is 2. The predicted octanol–water partition coefficient (Wildman–Crippen LogP) is 7.92. The van der Waals surface area contributed by atoms with Gasteiger partial charge in [0, 0.05) is 23.8 Å². The summed E-state index contributed by atoms with van der Waals surface area (Å²) < 4.78 is 17.8. The number of aliphatic carboxylic acids is 2. The molecule has 3 aromatic rings. The fourth-order valence-corrected chi connectivity index (χ4v) is 5.13. The van der Waals surface area contributed by atoms with Crippen molar-refractivity contribution in [3.8, 4) is 28.4 Å². The third kappa shape index (κ3) is 11.3. The molecule has 2 N–H and O–H groups in total. The molecule has 0 aliphatic rings. The fourth-order valence-electron chi connectivity index (χ4n) is 4.72. The first-order chi connectivity index (χ1) is 20.4. The quantitative estimate of drug-likeness (QED) is 0.100. The van der Waals surface area contributed by atoms with E-state index in [1.165, 1.54) is 4.90 Å². The van der Waals surface area contributed by atoms with Crippen molar-refractivity contribution in [3.63, 3.8) is 0 Å². The molecule has 0 unspecified atom stereocenters. The first kappa shape index (κ1) is 32.9. The van der Waals surface area contributed by atoms with Crippen molar-refractivity contribution < 1.29 is 34.0 Å². The normalized spacial score (nSPS) is 10.8. The second-order valence-corrected chi connectivity index (χ2v) is 10.9. The summed E-state index contributed by atoms with van der Waals surface area (Å²) in [5.74, 6) is 0.541. The molecule has 0 bridgehead atoms. The Labute approximate surface area is 253 Å². The minimum absolute atomic E-state index is 0.0230. The highest BCUT2D eigenvalue weighted by molar-refractivity contribution is 7.98. The molecule has 0 amide bonds. The number of unbranched alkanes of at least 4 members (excludes halogenated alkanes) is 3. The number of thioether (sulfide) groups is 1. The van der Waals surface area contributed by atoms with Gasteiger partial charge in [0.15, 0.2) is 0 Å². The summed E-state index contributed by atoms with van der Waals surface area (Å²) >= 11 is 1.72. The Morgan fingerprint density at radius 1 is 0.714 bits per heavy atom. The summed E-state index contributed by atoms with van der Waals surface area (Å²) in [6.07, 6.45) is 7.69. The maximum atomic E-state index is 11.2. The number of aryl methyl sites for hydroxylation is 1. The van der Waals surface area contributed by atoms with Gasteiger partial charge in [0.05, 0.1) is 19.8 Å². The number of ether oxygens (including phenoxy) is 3. The van der Waals surface area contributed by atoms with Crippen molar-refractivity contribution >= 4 is 23.7 Å². The number of benzene rings is 3. The van der Waals surface area contributed by atoms with Crippen LogP contribution in [0.15, 0.2) is 65.6 Å². The molecule has 0 atom stereocenters. The molecule has 0 aliphatic heterocycles. The topological polar surface area (TPSA) is 102 Å². The molecule has 8 heteroatoms. The summed E-state index contributed by atoms with van der Waals surface area (Å²) in [4.78, 5) is 23.2. The minimum Gasteiger partial charge on any atom is -0.494 e. The summed E-state index contributed by atoms with van der Waals surface area (Å²) in [6, 6.07) is 20.3. The van der Waals surface area contributed by atoms with Gasteiger partial charge in [0.2, 0.25) is 0 Å². The van der Waals surface area contributed by atoms with Crippen LogP contribution in [0.5, 0.6) is 17.2 Å². The molecule has 0 saturated carbocycles. The highest BCUT2D eigenvalue weighted by Crippen LogP contribution is 2.31. The van der Waals surface area contributed by atoms with E-state index in [1.54, 1.807) is 11.8 Å². The van der Waals surface area contributed by atoms with Crippen LogP contribution in [0.25, 0.3) is 11.1 Å². The largest absolute Gasteiger partial charge is 0.494 e. The fraction of sp³-hybridized carbons (Fsp3) is 0.412. The van der Waals surface area contributed by atoms with Gasteiger partial charge in [-0.3, -0.25) is 9.59 Å². The molecule has 42 heavy (non-hydrogen) atoms. The van der Waals surface area contributed by atoms with Gasteiger partial charge in [-0.25, -0.2) is 0 Å². The highest BCUT2D eigenvalue weighted by atomic mass is 32.2. The van der Waals surface area contributed by atoms with E-state index in [-0.39, 0.29) is 19.4 Å². The molecule has 3 rings (SSSR count). The molecule has 0 aromatic heterocycles. The second-order valence-electron chi connectivity index (χ2n) is 10.0. The van der Waals surface area contributed by atoms with Crippen LogP contribution in [0.2, 0.25) is 0 Å². The van der Waals surface area contributed by atoms with E-state index >= 15 is 0 Å². The lowest BCUT2D eigenvalue weighted by Crippen LogP contribution is -2.07. The van der Waals surface area contributed by atoms with E-state index in [2.05, 4.69) is 36.6 Å². The maximum Gasteiger partial charge on any atom is 0.303 e. The molecular weight excluding hydrogens is 552 g/mol. The van der Waals surface area contributed by atoms with Crippen molar-refractivity contribution in [3.05, 3.63) is 71.8 Å². The lowest BCUT2D eigenvalue weighted by Gasteiger charge is -2.15. The first-order valence-electron chi connectivity index (χ1n) is 14.6. The van der Waals surface area contributed by atoms with Crippen LogP contribution < -0.4 is 14.2 Å². The Balaban J connectivity index is 1.50. The molecule has 226 valence electrons. The van der Waals surface area contributed by atoms with Gasteiger partial charge in [-0.05, 0) is 97.9 Å². The van der Waals surface area contributed by atoms with Gasteiger partial charge >= 0.3 is 11.9 Å². The average molecular weight is 595 g/mol. The number of carbonyl (C=O) groups is 2. The van der Waals surface area contributed by atoms with Gasteiger partial charge in [0.1, 0.15) is 17.2 Å². The molecule has 7 nitrogen and oxygen atoms in total. The monoisotopic (exact) mass is 594 g/mol. The van der Waals surface area contributed by atoms with Crippen LogP contribution in [-0.2, 0) is 22.4 Å². The zero-order valence-corrected chi connectivity index (χ0v) is 25.4. The van der Waals surface area contributed by atoms with Crippen molar-refractivity contribution in [1.29, 1.82) is 0 Å². The molecule has 0 heterocycles. The molecule has 0 radical (unpaired) electrons. The zero-order valence-electron chi connectivity index (χ0n) is 24.6. The SMILES string of the molecule is CCOc1cc(OCCCCCCc2cccc(OCCCC(=O)O)c2CCC(=O)O)cc(-c2ccc(SC)cc2)c1. The zero-order chi connectivity index (χ0) is 30.2. The molecular formula is C34H42O7S. The maximum absolute atomic E-state index is 11.2. The van der Waals surface area contributed by atoms with Crippen molar-refractivity contribution in [2.45, 2.75) is 69.6 Å². The third-order valence-electron chi connectivity index (χ3n) is 6.84. The van der Waals surface area contributed by atoms with E-state index in [4.69, 9.17) is 19.3 Å². The number of carboxylic acid groups (broad SMARTS) is 2. The van der Waals surface area contributed by atoms with Gasteiger partial charge in [-0.2, -0.15) is 0 Å². The van der Waals surface area contributed by atoms with Crippen LogP contribution in [0.1, 0.15) is 63.0 Å². The van der Waals surface area contributed by atoms with E-state index in [0.717, 1.165) is 65.9 Å². The van der Waals surface area contributed by atoms with Crippen LogP contribution in [-0.4, -0.2) is 48.2 Å². The summed E-state index contributed by atoms with van der Waals surface area (Å²) in [6.45, 7) is 3.46. The molecule has 0 aliphatic carbocycles. The number of hydrogen-bond acceptors (Lipinski definition) is 6. The van der Waals surface area contributed by atoms with Crippen LogP contribution in [0.3, 0.4) is 0 Å². The van der Waals surface area contributed by atoms with E-state index < -0.39 is 11.9 Å². The number of hydrogen-bond donors (Lipinski definition) is 2. The Hall–Kier alpha value is -3.65. The lowest BCUT2D eigenvalue weighted by molar-refractivity contribution is -0.138. The van der Waals surface area contributed by atoms with Crippen molar-refractivity contribution in [2.24, 2.45) is 0 Å².